The highest BCUT2D eigenvalue weighted by Crippen LogP contribution is 2.18. The van der Waals surface area contributed by atoms with Gasteiger partial charge in [0.2, 0.25) is 5.95 Å². The molecule has 138 valence electrons. The highest BCUT2D eigenvalue weighted by atomic mass is 16.5. The summed E-state index contributed by atoms with van der Waals surface area (Å²) in [7, 11) is 1.62. The molecule has 0 saturated heterocycles. The van der Waals surface area contributed by atoms with E-state index in [1.54, 1.807) is 13.2 Å². The van der Waals surface area contributed by atoms with Crippen LogP contribution in [0, 0.1) is 13.8 Å². The zero-order valence-electron chi connectivity index (χ0n) is 15.6. The fraction of sp³-hybridized carbons (Fsp3) is 0.190. The molecular formula is C21H22N4O2. The maximum Gasteiger partial charge on any atom is 0.270 e. The Hall–Kier alpha value is -3.41. The van der Waals surface area contributed by atoms with E-state index in [1.807, 2.05) is 62.4 Å². The number of hydrogen-bond acceptors (Lipinski definition) is 5. The van der Waals surface area contributed by atoms with Crippen LogP contribution in [0.25, 0.3) is 0 Å². The molecule has 0 saturated carbocycles. The Labute approximate surface area is 158 Å². The molecule has 6 heteroatoms. The topological polar surface area (TPSA) is 76.1 Å². The number of hydrogen-bond donors (Lipinski definition) is 2. The molecule has 3 rings (SSSR count). The molecular weight excluding hydrogens is 340 g/mol. The fourth-order valence-corrected chi connectivity index (χ4v) is 2.64. The van der Waals surface area contributed by atoms with Gasteiger partial charge in [-0.25, -0.2) is 9.97 Å². The van der Waals surface area contributed by atoms with E-state index in [0.29, 0.717) is 23.9 Å². The lowest BCUT2D eigenvalue weighted by molar-refractivity contribution is 0.0945. The third-order valence-electron chi connectivity index (χ3n) is 3.97. The highest BCUT2D eigenvalue weighted by Gasteiger charge is 2.11. The van der Waals surface area contributed by atoms with Crippen molar-refractivity contribution in [2.24, 2.45) is 0 Å². The van der Waals surface area contributed by atoms with Crippen LogP contribution in [0.3, 0.4) is 0 Å². The van der Waals surface area contributed by atoms with Gasteiger partial charge in [0, 0.05) is 17.9 Å². The van der Waals surface area contributed by atoms with Crippen molar-refractivity contribution in [3.8, 4) is 5.75 Å². The number of aryl methyl sites for hydroxylation is 2. The van der Waals surface area contributed by atoms with E-state index in [1.165, 1.54) is 0 Å². The summed E-state index contributed by atoms with van der Waals surface area (Å²) in [6.45, 7) is 4.30. The van der Waals surface area contributed by atoms with Crippen LogP contribution < -0.4 is 15.4 Å². The largest absolute Gasteiger partial charge is 0.497 e. The molecule has 3 aromatic rings. The molecule has 0 aliphatic heterocycles. The highest BCUT2D eigenvalue weighted by molar-refractivity contribution is 5.92. The van der Waals surface area contributed by atoms with Crippen LogP contribution in [0.1, 0.15) is 27.3 Å². The second-order valence-corrected chi connectivity index (χ2v) is 6.24. The van der Waals surface area contributed by atoms with Gasteiger partial charge in [-0.05, 0) is 49.7 Å². The fourth-order valence-electron chi connectivity index (χ4n) is 2.64. The second kappa shape index (κ2) is 8.31. The maximum absolute atomic E-state index is 12.5. The van der Waals surface area contributed by atoms with E-state index in [2.05, 4.69) is 20.6 Å². The molecule has 0 unspecified atom stereocenters. The Morgan fingerprint density at radius 2 is 1.81 bits per heavy atom. The van der Waals surface area contributed by atoms with E-state index in [9.17, 15) is 4.79 Å². The van der Waals surface area contributed by atoms with E-state index >= 15 is 0 Å². The molecule has 0 radical (unpaired) electrons. The Morgan fingerprint density at radius 3 is 2.52 bits per heavy atom. The van der Waals surface area contributed by atoms with E-state index in [-0.39, 0.29) is 5.91 Å². The summed E-state index contributed by atoms with van der Waals surface area (Å²) in [6.07, 6.45) is 0. The first-order chi connectivity index (χ1) is 13.0. The quantitative estimate of drug-likeness (QED) is 0.698. The number of nitrogens with one attached hydrogen (secondary N) is 2. The van der Waals surface area contributed by atoms with Gasteiger partial charge in [0.15, 0.2) is 0 Å². The van der Waals surface area contributed by atoms with Crippen LogP contribution in [0.15, 0.2) is 54.6 Å². The van der Waals surface area contributed by atoms with Crippen LogP contribution in [-0.4, -0.2) is 23.0 Å². The van der Waals surface area contributed by atoms with Gasteiger partial charge in [-0.15, -0.1) is 0 Å². The van der Waals surface area contributed by atoms with Crippen molar-refractivity contribution >= 4 is 17.5 Å². The first-order valence-electron chi connectivity index (χ1n) is 8.64. The SMILES string of the molecule is COc1ccc(Nc2nc(C)cc(C(=O)NCc3cccc(C)c3)n2)cc1. The van der Waals surface area contributed by atoms with Crippen molar-refractivity contribution in [1.29, 1.82) is 0 Å². The van der Waals surface area contributed by atoms with Gasteiger partial charge in [-0.1, -0.05) is 29.8 Å². The van der Waals surface area contributed by atoms with Crippen molar-refractivity contribution in [2.75, 3.05) is 12.4 Å². The minimum Gasteiger partial charge on any atom is -0.497 e. The summed E-state index contributed by atoms with van der Waals surface area (Å²) in [5.41, 5.74) is 4.05. The smallest absolute Gasteiger partial charge is 0.270 e. The molecule has 0 aliphatic carbocycles. The molecule has 2 aromatic carbocycles. The van der Waals surface area contributed by atoms with Gasteiger partial charge >= 0.3 is 0 Å². The predicted octanol–water partition coefficient (Wildman–Crippen LogP) is 3.78. The molecule has 0 fully saturated rings. The Kier molecular flexibility index (Phi) is 5.66. The van der Waals surface area contributed by atoms with Gasteiger partial charge in [-0.3, -0.25) is 4.79 Å². The standard InChI is InChI=1S/C21H22N4O2/c1-14-5-4-6-16(11-14)13-22-20(26)19-12-15(2)23-21(25-19)24-17-7-9-18(27-3)10-8-17/h4-12H,13H2,1-3H3,(H,22,26)(H,23,24,25). The van der Waals surface area contributed by atoms with Gasteiger partial charge in [0.25, 0.3) is 5.91 Å². The third kappa shape index (κ3) is 5.04. The van der Waals surface area contributed by atoms with Crippen LogP contribution in [0.5, 0.6) is 5.75 Å². The average Bonchev–Trinajstić information content (AvgIpc) is 2.66. The maximum atomic E-state index is 12.5. The molecule has 2 N–H and O–H groups in total. The van der Waals surface area contributed by atoms with Gasteiger partial charge in [-0.2, -0.15) is 0 Å². The van der Waals surface area contributed by atoms with Gasteiger partial charge < -0.3 is 15.4 Å². The number of carbonyl (C=O) groups is 1. The van der Waals surface area contributed by atoms with E-state index < -0.39 is 0 Å². The molecule has 1 amide bonds. The zero-order valence-corrected chi connectivity index (χ0v) is 15.6. The average molecular weight is 362 g/mol. The van der Waals surface area contributed by atoms with E-state index in [4.69, 9.17) is 4.74 Å². The molecule has 1 aromatic heterocycles. The lowest BCUT2D eigenvalue weighted by Crippen LogP contribution is -2.24. The molecule has 0 aliphatic rings. The van der Waals surface area contributed by atoms with Crippen LogP contribution in [-0.2, 0) is 6.54 Å². The van der Waals surface area contributed by atoms with Gasteiger partial charge in [0.05, 0.1) is 7.11 Å². The third-order valence-corrected chi connectivity index (χ3v) is 3.97. The molecule has 6 nitrogen and oxygen atoms in total. The number of methoxy groups -OCH3 is 1. The molecule has 0 spiro atoms. The Morgan fingerprint density at radius 1 is 1.04 bits per heavy atom. The van der Waals surface area contributed by atoms with Crippen LogP contribution >= 0.6 is 0 Å². The van der Waals surface area contributed by atoms with Crippen molar-refractivity contribution in [2.45, 2.75) is 20.4 Å². The second-order valence-electron chi connectivity index (χ2n) is 6.24. The first-order valence-corrected chi connectivity index (χ1v) is 8.64. The lowest BCUT2D eigenvalue weighted by Gasteiger charge is -2.10. The number of carbonyl (C=O) groups excluding carboxylic acids is 1. The molecule has 1 heterocycles. The Balaban J connectivity index is 1.70. The normalized spacial score (nSPS) is 10.3. The number of ether oxygens (including phenoxy) is 1. The minimum atomic E-state index is -0.236. The summed E-state index contributed by atoms with van der Waals surface area (Å²) in [4.78, 5) is 21.2. The van der Waals surface area contributed by atoms with Crippen molar-refractivity contribution < 1.29 is 9.53 Å². The first kappa shape index (κ1) is 18.4. The minimum absolute atomic E-state index is 0.236. The number of benzene rings is 2. The summed E-state index contributed by atoms with van der Waals surface area (Å²) in [6, 6.07) is 17.1. The predicted molar refractivity (Wildman–Crippen MR) is 105 cm³/mol. The Bertz CT molecular complexity index is 939. The van der Waals surface area contributed by atoms with Gasteiger partial charge in [0.1, 0.15) is 11.4 Å². The summed E-state index contributed by atoms with van der Waals surface area (Å²) >= 11 is 0. The molecule has 0 atom stereocenters. The summed E-state index contributed by atoms with van der Waals surface area (Å²) in [5, 5.41) is 6.02. The van der Waals surface area contributed by atoms with Crippen molar-refractivity contribution in [3.63, 3.8) is 0 Å². The molecule has 27 heavy (non-hydrogen) atoms. The lowest BCUT2D eigenvalue weighted by atomic mass is 10.1. The van der Waals surface area contributed by atoms with Crippen LogP contribution in [0.4, 0.5) is 11.6 Å². The number of aromatic nitrogens is 2. The monoisotopic (exact) mass is 362 g/mol. The number of amides is 1. The summed E-state index contributed by atoms with van der Waals surface area (Å²) in [5.74, 6) is 0.905. The van der Waals surface area contributed by atoms with Crippen molar-refractivity contribution in [3.05, 3.63) is 77.1 Å². The molecule has 0 bridgehead atoms. The zero-order chi connectivity index (χ0) is 19.2. The van der Waals surface area contributed by atoms with Crippen LogP contribution in [0.2, 0.25) is 0 Å². The number of rotatable bonds is 6. The van der Waals surface area contributed by atoms with E-state index in [0.717, 1.165) is 22.6 Å². The van der Waals surface area contributed by atoms with Crippen molar-refractivity contribution in [1.82, 2.24) is 15.3 Å². The number of anilines is 2. The summed E-state index contributed by atoms with van der Waals surface area (Å²) < 4.78 is 5.15. The number of nitrogens with zero attached hydrogens (tertiary/aromatic N) is 2.